The van der Waals surface area contributed by atoms with Gasteiger partial charge in [-0.1, -0.05) is 25.6 Å². The van der Waals surface area contributed by atoms with Crippen LogP contribution < -0.4 is 16.1 Å². The number of alkyl carbamates (subject to hydrolysis) is 1. The van der Waals surface area contributed by atoms with Gasteiger partial charge in [-0.15, -0.1) is 5.10 Å². The maximum atomic E-state index is 13.2. The molecule has 2 atom stereocenters. The molecule has 0 aliphatic carbocycles. The van der Waals surface area contributed by atoms with Crippen molar-refractivity contribution in [2.75, 3.05) is 32.6 Å². The number of Topliss-reactive ketones (excluding diaryl/α,β-unsaturated/α-hetero) is 1. The molecule has 0 bridgehead atoms. The normalized spacial score (nSPS) is 19.9. The van der Waals surface area contributed by atoms with E-state index in [1.54, 1.807) is 20.8 Å². The molecule has 2 saturated heterocycles. The maximum Gasteiger partial charge on any atom is 0.408 e. The fraction of sp³-hybridized carbons (Fsp3) is 0.783. The van der Waals surface area contributed by atoms with Crippen LogP contribution in [-0.4, -0.2) is 84.0 Å². The Morgan fingerprint density at radius 3 is 2.37 bits per heavy atom. The number of hydrogen-bond acceptors (Lipinski definition) is 8. The molecule has 1 unspecified atom stereocenters. The molecule has 11 nitrogen and oxygen atoms in total. The van der Waals surface area contributed by atoms with E-state index in [9.17, 15) is 19.2 Å². The van der Waals surface area contributed by atoms with Crippen molar-refractivity contribution in [3.8, 4) is 0 Å². The van der Waals surface area contributed by atoms with E-state index < -0.39 is 41.4 Å². The average molecular weight is 514 g/mol. The van der Waals surface area contributed by atoms with Crippen LogP contribution in [0.1, 0.15) is 53.9 Å². The molecule has 2 aliphatic rings. The Hall–Kier alpha value is -2.34. The van der Waals surface area contributed by atoms with Gasteiger partial charge in [0.1, 0.15) is 17.7 Å². The Kier molecular flexibility index (Phi) is 10.8. The summed E-state index contributed by atoms with van der Waals surface area (Å²) in [6, 6.07) is -1.98. The van der Waals surface area contributed by atoms with E-state index in [2.05, 4.69) is 21.2 Å². The molecular weight excluding hydrogens is 474 g/mol. The van der Waals surface area contributed by atoms with Crippen LogP contribution in [0.3, 0.4) is 0 Å². The minimum Gasteiger partial charge on any atom is -0.444 e. The lowest BCUT2D eigenvalue weighted by Crippen LogP contribution is -2.57. The number of nitrogens with zero attached hydrogens (tertiary/aromatic N) is 2. The van der Waals surface area contributed by atoms with Crippen LogP contribution in [0.15, 0.2) is 5.10 Å². The molecule has 3 amide bonds. The highest BCUT2D eigenvalue weighted by Gasteiger charge is 2.37. The zero-order valence-electron chi connectivity index (χ0n) is 21.5. The third-order valence-corrected chi connectivity index (χ3v) is 6.54. The topological polar surface area (TPSA) is 138 Å². The Labute approximate surface area is 211 Å². The van der Waals surface area contributed by atoms with Crippen molar-refractivity contribution in [1.82, 2.24) is 21.0 Å². The van der Waals surface area contributed by atoms with Crippen molar-refractivity contribution >= 4 is 40.6 Å². The van der Waals surface area contributed by atoms with Crippen molar-refractivity contribution in [1.29, 1.82) is 0 Å². The number of amidine groups is 1. The van der Waals surface area contributed by atoms with E-state index in [1.807, 2.05) is 25.8 Å². The predicted octanol–water partition coefficient (Wildman–Crippen LogP) is 1.47. The first-order valence-corrected chi connectivity index (χ1v) is 13.0. The summed E-state index contributed by atoms with van der Waals surface area (Å²) in [5, 5.41) is 10.0. The van der Waals surface area contributed by atoms with E-state index in [0.29, 0.717) is 37.6 Å². The highest BCUT2D eigenvalue weighted by molar-refractivity contribution is 8.14. The number of ketones is 1. The predicted molar refractivity (Wildman–Crippen MR) is 134 cm³/mol. The van der Waals surface area contributed by atoms with Crippen LogP contribution in [0.4, 0.5) is 4.79 Å². The Bertz CT molecular complexity index is 807. The van der Waals surface area contributed by atoms with Crippen molar-refractivity contribution in [3.05, 3.63) is 0 Å². The highest BCUT2D eigenvalue weighted by Crippen LogP contribution is 2.21. The van der Waals surface area contributed by atoms with Gasteiger partial charge in [0.05, 0.1) is 0 Å². The van der Waals surface area contributed by atoms with Crippen molar-refractivity contribution in [2.24, 2.45) is 16.9 Å². The summed E-state index contributed by atoms with van der Waals surface area (Å²) >= 11 is 1.48. The molecule has 0 saturated carbocycles. The van der Waals surface area contributed by atoms with Gasteiger partial charge in [0.2, 0.25) is 11.7 Å². The smallest absolute Gasteiger partial charge is 0.408 e. The molecular formula is C23H39N5O6S. The quantitative estimate of drug-likeness (QED) is 0.311. The molecule has 12 heteroatoms. The van der Waals surface area contributed by atoms with Gasteiger partial charge in [0.15, 0.2) is 5.17 Å². The molecule has 198 valence electrons. The van der Waals surface area contributed by atoms with E-state index in [1.165, 1.54) is 11.8 Å². The number of amides is 3. The van der Waals surface area contributed by atoms with Gasteiger partial charge in [-0.25, -0.2) is 10.2 Å². The first kappa shape index (κ1) is 28.9. The number of hydrogen-bond donors (Lipinski definition) is 3. The minimum atomic E-state index is -1.06. The van der Waals surface area contributed by atoms with Gasteiger partial charge in [-0.2, -0.15) is 0 Å². The maximum absolute atomic E-state index is 13.2. The fourth-order valence-electron chi connectivity index (χ4n) is 3.75. The first-order chi connectivity index (χ1) is 16.4. The van der Waals surface area contributed by atoms with Crippen LogP contribution in [-0.2, 0) is 23.9 Å². The van der Waals surface area contributed by atoms with Gasteiger partial charge in [0.25, 0.3) is 0 Å². The average Bonchev–Trinajstić information content (AvgIpc) is 3.18. The van der Waals surface area contributed by atoms with Crippen molar-refractivity contribution in [3.63, 3.8) is 0 Å². The number of nitrogens with one attached hydrogen (secondary N) is 3. The Morgan fingerprint density at radius 2 is 1.83 bits per heavy atom. The first-order valence-electron chi connectivity index (χ1n) is 12.0. The molecule has 0 aromatic rings. The van der Waals surface area contributed by atoms with Crippen LogP contribution in [0.2, 0.25) is 0 Å². The van der Waals surface area contributed by atoms with Crippen LogP contribution in [0.5, 0.6) is 0 Å². The van der Waals surface area contributed by atoms with Crippen LogP contribution in [0.25, 0.3) is 0 Å². The number of carbonyl (C=O) groups is 4. The number of hydrazone groups is 1. The molecule has 2 fully saturated rings. The molecule has 0 spiro atoms. The largest absolute Gasteiger partial charge is 0.444 e. The third-order valence-electron chi connectivity index (χ3n) is 5.49. The second kappa shape index (κ2) is 13.1. The third kappa shape index (κ3) is 9.67. The molecule has 2 rings (SSSR count). The molecule has 3 N–H and O–H groups in total. The minimum absolute atomic E-state index is 0.0814. The van der Waals surface area contributed by atoms with Gasteiger partial charge in [-0.05, 0) is 51.9 Å². The molecule has 2 heterocycles. The zero-order chi connectivity index (χ0) is 26.2. The van der Waals surface area contributed by atoms with Crippen molar-refractivity contribution < 1.29 is 28.7 Å². The molecule has 2 aliphatic heterocycles. The zero-order valence-corrected chi connectivity index (χ0v) is 22.3. The van der Waals surface area contributed by atoms with Crippen molar-refractivity contribution in [2.45, 2.75) is 71.6 Å². The summed E-state index contributed by atoms with van der Waals surface area (Å²) in [6.45, 7) is 10.7. The molecule has 0 radical (unpaired) electrons. The molecule has 0 aromatic carbocycles. The summed E-state index contributed by atoms with van der Waals surface area (Å²) in [4.78, 5) is 53.3. The van der Waals surface area contributed by atoms with E-state index in [-0.39, 0.29) is 11.8 Å². The Balaban J connectivity index is 2.15. The standard InChI is InChI=1S/C23H39N5O6S/c1-14(2)13-16(24-22(32)34-23(3,4)5)19(30)25-17(15-7-10-33-11-8-15)18(29)20(31)26-27-21-28(6)9-12-35-21/h14-17H,7-13H2,1-6H3,(H,24,32)(H,25,30)(H,26,31)/t16-,17?/m0/s1. The van der Waals surface area contributed by atoms with Gasteiger partial charge >= 0.3 is 12.0 Å². The SMILES string of the molecule is CC(C)C[C@H](NC(=O)OC(C)(C)C)C(=O)NC(C(=O)C(=O)NN=C1SCCN1C)C1CCOCC1. The lowest BCUT2D eigenvalue weighted by atomic mass is 9.88. The fourth-order valence-corrected chi connectivity index (χ4v) is 4.72. The highest BCUT2D eigenvalue weighted by atomic mass is 32.2. The second-order valence-corrected chi connectivity index (χ2v) is 11.3. The number of carbonyl (C=O) groups excluding carboxylic acids is 4. The molecule has 35 heavy (non-hydrogen) atoms. The van der Waals surface area contributed by atoms with Gasteiger partial charge in [-0.3, -0.25) is 14.4 Å². The summed E-state index contributed by atoms with van der Waals surface area (Å²) < 4.78 is 10.7. The van der Waals surface area contributed by atoms with Crippen LogP contribution >= 0.6 is 11.8 Å². The van der Waals surface area contributed by atoms with Gasteiger partial charge in [0, 0.05) is 32.6 Å². The summed E-state index contributed by atoms with van der Waals surface area (Å²) in [7, 11) is 1.85. The molecule has 0 aromatic heterocycles. The van der Waals surface area contributed by atoms with Crippen LogP contribution in [0, 0.1) is 11.8 Å². The van der Waals surface area contributed by atoms with E-state index >= 15 is 0 Å². The summed E-state index contributed by atoms with van der Waals surface area (Å²) in [5.41, 5.74) is 1.60. The van der Waals surface area contributed by atoms with Gasteiger partial charge < -0.3 is 25.0 Å². The Morgan fingerprint density at radius 1 is 1.17 bits per heavy atom. The number of rotatable bonds is 9. The summed E-state index contributed by atoms with van der Waals surface area (Å²) in [6.07, 6.45) is 0.652. The van der Waals surface area contributed by atoms with E-state index in [0.717, 1.165) is 12.3 Å². The van der Waals surface area contributed by atoms with E-state index in [4.69, 9.17) is 9.47 Å². The second-order valence-electron chi connectivity index (χ2n) is 10.2. The number of thioether (sulfide) groups is 1. The lowest BCUT2D eigenvalue weighted by Gasteiger charge is -2.31. The summed E-state index contributed by atoms with van der Waals surface area (Å²) in [5.74, 6) is -1.56. The lowest BCUT2D eigenvalue weighted by molar-refractivity contribution is -0.142. The monoisotopic (exact) mass is 513 g/mol. The number of ether oxygens (including phenoxy) is 2.